The standard InChI is InChI=1S/C21H15ClFN5O3/c1-13-16(20(22)28(25-13)15-8-6-14(23)7-9-15)10-11-19(29)31-12-27-21(30)17-4-2-3-5-18(17)24-26-27/h2-11H,12H2,1H3. The van der Waals surface area contributed by atoms with Crippen LogP contribution >= 0.6 is 11.6 Å². The average molecular weight is 440 g/mol. The Balaban J connectivity index is 1.48. The number of ether oxygens (including phenoxy) is 1. The molecule has 0 aliphatic rings. The Morgan fingerprint density at radius 2 is 1.94 bits per heavy atom. The second-order valence-electron chi connectivity index (χ2n) is 6.52. The van der Waals surface area contributed by atoms with Gasteiger partial charge in [-0.3, -0.25) is 4.79 Å². The molecule has 2 heterocycles. The van der Waals surface area contributed by atoms with Crippen LogP contribution < -0.4 is 5.56 Å². The van der Waals surface area contributed by atoms with Crippen LogP contribution in [0.3, 0.4) is 0 Å². The van der Waals surface area contributed by atoms with Crippen LogP contribution in [-0.4, -0.2) is 30.7 Å². The molecule has 0 bridgehead atoms. The lowest BCUT2D eigenvalue weighted by Gasteiger charge is -2.04. The van der Waals surface area contributed by atoms with Gasteiger partial charge in [0.2, 0.25) is 0 Å². The average Bonchev–Trinajstić information content (AvgIpc) is 3.06. The third kappa shape index (κ3) is 4.22. The summed E-state index contributed by atoms with van der Waals surface area (Å²) in [6.45, 7) is 1.34. The predicted octanol–water partition coefficient (Wildman–Crippen LogP) is 3.29. The summed E-state index contributed by atoms with van der Waals surface area (Å²) in [7, 11) is 0. The van der Waals surface area contributed by atoms with E-state index in [0.717, 1.165) is 4.68 Å². The third-order valence-electron chi connectivity index (χ3n) is 4.46. The second-order valence-corrected chi connectivity index (χ2v) is 6.87. The molecule has 0 saturated heterocycles. The molecule has 10 heteroatoms. The van der Waals surface area contributed by atoms with Crippen molar-refractivity contribution in [3.63, 3.8) is 0 Å². The maximum atomic E-state index is 13.1. The fourth-order valence-electron chi connectivity index (χ4n) is 2.89. The van der Waals surface area contributed by atoms with Gasteiger partial charge in [0.15, 0.2) is 6.73 Å². The Hall–Kier alpha value is -3.85. The largest absolute Gasteiger partial charge is 0.439 e. The molecule has 4 aromatic rings. The van der Waals surface area contributed by atoms with Gasteiger partial charge in [-0.05, 0) is 49.4 Å². The van der Waals surface area contributed by atoms with E-state index in [2.05, 4.69) is 15.4 Å². The predicted molar refractivity (Wildman–Crippen MR) is 112 cm³/mol. The monoisotopic (exact) mass is 439 g/mol. The van der Waals surface area contributed by atoms with Gasteiger partial charge in [-0.25, -0.2) is 13.9 Å². The minimum Gasteiger partial charge on any atom is -0.439 e. The number of benzene rings is 2. The first kappa shape index (κ1) is 20.4. The smallest absolute Gasteiger partial charge is 0.332 e. The van der Waals surface area contributed by atoms with Crippen molar-refractivity contribution >= 4 is 34.5 Å². The Bertz CT molecular complexity index is 1360. The summed E-state index contributed by atoms with van der Waals surface area (Å²) >= 11 is 6.38. The molecule has 0 fully saturated rings. The van der Waals surface area contributed by atoms with Crippen molar-refractivity contribution < 1.29 is 13.9 Å². The van der Waals surface area contributed by atoms with Crippen LogP contribution in [0.2, 0.25) is 5.15 Å². The van der Waals surface area contributed by atoms with Gasteiger partial charge in [0.05, 0.1) is 16.8 Å². The van der Waals surface area contributed by atoms with Gasteiger partial charge in [0.1, 0.15) is 16.5 Å². The van der Waals surface area contributed by atoms with Crippen molar-refractivity contribution in [2.45, 2.75) is 13.7 Å². The molecule has 2 aromatic carbocycles. The van der Waals surface area contributed by atoms with Crippen molar-refractivity contribution in [3.8, 4) is 5.69 Å². The summed E-state index contributed by atoms with van der Waals surface area (Å²) in [5.41, 5.74) is 1.69. The normalized spacial score (nSPS) is 11.3. The quantitative estimate of drug-likeness (QED) is 0.350. The number of nitrogens with zero attached hydrogens (tertiary/aromatic N) is 5. The highest BCUT2D eigenvalue weighted by molar-refractivity contribution is 6.31. The summed E-state index contributed by atoms with van der Waals surface area (Å²) in [6.07, 6.45) is 2.63. The number of esters is 1. The number of hydrogen-bond acceptors (Lipinski definition) is 6. The molecule has 2 aromatic heterocycles. The van der Waals surface area contributed by atoms with E-state index >= 15 is 0 Å². The first-order valence-corrected chi connectivity index (χ1v) is 9.50. The zero-order valence-electron chi connectivity index (χ0n) is 16.2. The van der Waals surface area contributed by atoms with Gasteiger partial charge in [0, 0.05) is 11.6 Å². The third-order valence-corrected chi connectivity index (χ3v) is 4.83. The lowest BCUT2D eigenvalue weighted by atomic mass is 10.2. The van der Waals surface area contributed by atoms with Crippen molar-refractivity contribution in [1.29, 1.82) is 0 Å². The van der Waals surface area contributed by atoms with Crippen LogP contribution in [0.15, 0.2) is 59.4 Å². The summed E-state index contributed by atoms with van der Waals surface area (Å²) in [5, 5.41) is 12.6. The molecule has 0 unspecified atom stereocenters. The number of halogens is 2. The molecule has 0 aliphatic carbocycles. The molecule has 8 nitrogen and oxygen atoms in total. The van der Waals surface area contributed by atoms with Crippen LogP contribution in [-0.2, 0) is 16.3 Å². The van der Waals surface area contributed by atoms with E-state index in [1.807, 2.05) is 0 Å². The van der Waals surface area contributed by atoms with E-state index in [4.69, 9.17) is 16.3 Å². The zero-order chi connectivity index (χ0) is 22.0. The molecular weight excluding hydrogens is 425 g/mol. The van der Waals surface area contributed by atoms with Gasteiger partial charge in [0.25, 0.3) is 5.56 Å². The summed E-state index contributed by atoms with van der Waals surface area (Å²) in [6, 6.07) is 12.4. The van der Waals surface area contributed by atoms with Crippen molar-refractivity contribution in [2.24, 2.45) is 0 Å². The van der Waals surface area contributed by atoms with E-state index in [0.29, 0.717) is 27.8 Å². The van der Waals surface area contributed by atoms with Gasteiger partial charge in [-0.2, -0.15) is 9.78 Å². The molecule has 0 N–H and O–H groups in total. The molecule has 0 radical (unpaired) electrons. The number of carbonyl (C=O) groups is 1. The Morgan fingerprint density at radius 1 is 1.19 bits per heavy atom. The summed E-state index contributed by atoms with van der Waals surface area (Å²) in [4.78, 5) is 24.5. The number of carbonyl (C=O) groups excluding carboxylic acids is 1. The summed E-state index contributed by atoms with van der Waals surface area (Å²) < 4.78 is 20.6. The summed E-state index contributed by atoms with van der Waals surface area (Å²) in [5.74, 6) is -1.08. The number of aryl methyl sites for hydroxylation is 1. The van der Waals surface area contributed by atoms with E-state index < -0.39 is 11.5 Å². The SMILES string of the molecule is Cc1nn(-c2ccc(F)cc2)c(Cl)c1C=CC(=O)OCn1nnc2ccccc2c1=O. The van der Waals surface area contributed by atoms with Gasteiger partial charge < -0.3 is 4.74 Å². The highest BCUT2D eigenvalue weighted by Gasteiger charge is 2.13. The van der Waals surface area contributed by atoms with Crippen LogP contribution in [0.4, 0.5) is 4.39 Å². The van der Waals surface area contributed by atoms with Crippen LogP contribution in [0.1, 0.15) is 11.3 Å². The van der Waals surface area contributed by atoms with Gasteiger partial charge in [-0.1, -0.05) is 28.9 Å². The maximum Gasteiger partial charge on any atom is 0.332 e. The minimum absolute atomic E-state index is 0.254. The fourth-order valence-corrected chi connectivity index (χ4v) is 3.22. The van der Waals surface area contributed by atoms with Crippen molar-refractivity contribution in [2.75, 3.05) is 0 Å². The molecule has 0 aliphatic heterocycles. The van der Waals surface area contributed by atoms with Crippen LogP contribution in [0.5, 0.6) is 0 Å². The molecule has 0 atom stereocenters. The Labute approximate surface area is 180 Å². The van der Waals surface area contributed by atoms with E-state index in [1.165, 1.54) is 41.1 Å². The maximum absolute atomic E-state index is 13.1. The number of rotatable bonds is 5. The highest BCUT2D eigenvalue weighted by atomic mass is 35.5. The minimum atomic E-state index is -0.702. The number of aromatic nitrogens is 5. The number of fused-ring (bicyclic) bond motifs is 1. The zero-order valence-corrected chi connectivity index (χ0v) is 17.0. The molecule has 4 rings (SSSR count). The van der Waals surface area contributed by atoms with Crippen LogP contribution in [0, 0.1) is 12.7 Å². The Kier molecular flexibility index (Phi) is 5.59. The van der Waals surface area contributed by atoms with Gasteiger partial charge >= 0.3 is 5.97 Å². The van der Waals surface area contributed by atoms with Crippen molar-refractivity contribution in [3.05, 3.63) is 87.2 Å². The topological polar surface area (TPSA) is 91.9 Å². The number of hydrogen-bond donors (Lipinski definition) is 0. The first-order chi connectivity index (χ1) is 14.9. The molecular formula is C21H15ClFN5O3. The van der Waals surface area contributed by atoms with E-state index in [-0.39, 0.29) is 17.7 Å². The van der Waals surface area contributed by atoms with Crippen LogP contribution in [0.25, 0.3) is 22.7 Å². The molecule has 156 valence electrons. The van der Waals surface area contributed by atoms with Crippen molar-refractivity contribution in [1.82, 2.24) is 24.8 Å². The molecule has 31 heavy (non-hydrogen) atoms. The van der Waals surface area contributed by atoms with Gasteiger partial charge in [-0.15, -0.1) is 5.10 Å². The second kappa shape index (κ2) is 8.49. The van der Waals surface area contributed by atoms with E-state index in [1.54, 1.807) is 31.2 Å². The lowest BCUT2D eigenvalue weighted by molar-refractivity contribution is -0.141. The molecule has 0 saturated carbocycles. The fraction of sp³-hybridized carbons (Fsp3) is 0.0952. The first-order valence-electron chi connectivity index (χ1n) is 9.12. The lowest BCUT2D eigenvalue weighted by Crippen LogP contribution is -2.26. The van der Waals surface area contributed by atoms with E-state index in [9.17, 15) is 14.0 Å². The molecule has 0 spiro atoms. The molecule has 0 amide bonds. The Morgan fingerprint density at radius 3 is 2.71 bits per heavy atom. The highest BCUT2D eigenvalue weighted by Crippen LogP contribution is 2.24.